The summed E-state index contributed by atoms with van der Waals surface area (Å²) < 4.78 is 69.3. The smallest absolute Gasteiger partial charge is 0.368 e. The van der Waals surface area contributed by atoms with Crippen molar-refractivity contribution in [3.05, 3.63) is 46.4 Å². The second-order valence-electron chi connectivity index (χ2n) is 6.96. The Morgan fingerprint density at radius 3 is 2.42 bits per heavy atom. The molecule has 0 aliphatic heterocycles. The minimum atomic E-state index is -4.36. The zero-order valence-corrected chi connectivity index (χ0v) is 17.2. The molecule has 0 saturated heterocycles. The van der Waals surface area contributed by atoms with Gasteiger partial charge in [0.1, 0.15) is 11.3 Å². The number of nitrogens with two attached hydrogens (primary N) is 1. The Labute approximate surface area is 177 Å². The van der Waals surface area contributed by atoms with E-state index in [4.69, 9.17) is 5.73 Å². The molecule has 0 amide bonds. The van der Waals surface area contributed by atoms with Crippen LogP contribution in [-0.2, 0) is 0 Å². The number of nitrogens with zero attached hydrogens (tertiary/aromatic N) is 3. The molecule has 2 heterocycles. The van der Waals surface area contributed by atoms with Crippen LogP contribution in [0.5, 0.6) is 0 Å². The lowest BCUT2D eigenvalue weighted by Gasteiger charge is -2.16. The number of nitrogens with one attached hydrogen (secondary N) is 1. The SMILES string of the molecule is CC(C)n1c(=O)c(-c2cc(F)c(NSCCC(F)(F)F)c(F)c2)cc2cnc(N)nc21. The summed E-state index contributed by atoms with van der Waals surface area (Å²) >= 11 is 0.532. The number of pyridine rings is 1. The first-order valence-electron chi connectivity index (χ1n) is 9.09. The van der Waals surface area contributed by atoms with E-state index in [1.165, 1.54) is 16.8 Å². The van der Waals surface area contributed by atoms with Gasteiger partial charge in [0.25, 0.3) is 5.56 Å². The largest absolute Gasteiger partial charge is 0.389 e. The van der Waals surface area contributed by atoms with E-state index in [1.807, 2.05) is 0 Å². The first-order chi connectivity index (χ1) is 14.5. The Bertz CT molecular complexity index is 1160. The molecule has 0 fully saturated rings. The summed E-state index contributed by atoms with van der Waals surface area (Å²) in [5, 5.41) is 0.447. The fourth-order valence-electron chi connectivity index (χ4n) is 2.94. The maximum absolute atomic E-state index is 14.5. The van der Waals surface area contributed by atoms with Crippen molar-refractivity contribution in [2.24, 2.45) is 0 Å². The zero-order chi connectivity index (χ0) is 22.9. The summed E-state index contributed by atoms with van der Waals surface area (Å²) in [6.45, 7) is 3.49. The van der Waals surface area contributed by atoms with Gasteiger partial charge in [-0.15, -0.1) is 0 Å². The van der Waals surface area contributed by atoms with Gasteiger partial charge in [0, 0.05) is 28.9 Å². The van der Waals surface area contributed by atoms with Crippen molar-refractivity contribution in [1.82, 2.24) is 14.5 Å². The predicted molar refractivity (Wildman–Crippen MR) is 111 cm³/mol. The number of anilines is 2. The number of nitrogen functional groups attached to an aromatic ring is 1. The standard InChI is InChI=1S/C19H18F5N5OS/c1-9(2)29-16-11(8-26-18(25)27-16)5-12(17(29)30)10-6-13(20)15(14(21)7-10)28-31-4-3-19(22,23)24/h5-9,28H,3-4H2,1-2H3,(H2,25,26,27). The molecule has 12 heteroatoms. The molecular formula is C19H18F5N5OS. The van der Waals surface area contributed by atoms with Crippen LogP contribution in [0.1, 0.15) is 26.3 Å². The maximum atomic E-state index is 14.5. The van der Waals surface area contributed by atoms with Gasteiger partial charge in [-0.05, 0) is 37.6 Å². The van der Waals surface area contributed by atoms with Gasteiger partial charge in [-0.2, -0.15) is 18.2 Å². The molecular weight excluding hydrogens is 441 g/mol. The molecule has 0 atom stereocenters. The molecule has 2 aromatic heterocycles. The van der Waals surface area contributed by atoms with E-state index in [2.05, 4.69) is 14.7 Å². The quantitative estimate of drug-likeness (QED) is 0.309. The van der Waals surface area contributed by atoms with Gasteiger partial charge in [0.2, 0.25) is 5.95 Å². The van der Waals surface area contributed by atoms with Crippen LogP contribution in [0.25, 0.3) is 22.2 Å². The lowest BCUT2D eigenvalue weighted by atomic mass is 10.0. The molecule has 0 saturated carbocycles. The van der Waals surface area contributed by atoms with Crippen molar-refractivity contribution in [1.29, 1.82) is 0 Å². The first-order valence-corrected chi connectivity index (χ1v) is 10.1. The van der Waals surface area contributed by atoms with E-state index in [0.29, 0.717) is 17.3 Å². The van der Waals surface area contributed by atoms with Crippen LogP contribution in [0, 0.1) is 11.6 Å². The number of fused-ring (bicyclic) bond motifs is 1. The third-order valence-electron chi connectivity index (χ3n) is 4.32. The number of hydrogen-bond acceptors (Lipinski definition) is 6. The highest BCUT2D eigenvalue weighted by Crippen LogP contribution is 2.30. The van der Waals surface area contributed by atoms with E-state index in [1.54, 1.807) is 13.8 Å². The van der Waals surface area contributed by atoms with Crippen molar-refractivity contribution in [3.63, 3.8) is 0 Å². The topological polar surface area (TPSA) is 85.8 Å². The highest BCUT2D eigenvalue weighted by Gasteiger charge is 2.26. The van der Waals surface area contributed by atoms with Crippen LogP contribution in [0.4, 0.5) is 33.6 Å². The second kappa shape index (κ2) is 8.69. The summed E-state index contributed by atoms with van der Waals surface area (Å²) in [6, 6.07) is 2.97. The number of halogens is 5. The number of alkyl halides is 3. The molecule has 3 N–H and O–H groups in total. The summed E-state index contributed by atoms with van der Waals surface area (Å²) in [5.74, 6) is -2.53. The first kappa shape index (κ1) is 22.8. The van der Waals surface area contributed by atoms with E-state index < -0.39 is 41.2 Å². The summed E-state index contributed by atoms with van der Waals surface area (Å²) in [6.07, 6.45) is -4.07. The van der Waals surface area contributed by atoms with Crippen molar-refractivity contribution in [2.45, 2.75) is 32.5 Å². The molecule has 0 aliphatic carbocycles. The highest BCUT2D eigenvalue weighted by molar-refractivity contribution is 8.00. The number of aromatic nitrogens is 3. The van der Waals surface area contributed by atoms with E-state index in [-0.39, 0.29) is 28.8 Å². The number of hydrogen-bond donors (Lipinski definition) is 2. The van der Waals surface area contributed by atoms with Gasteiger partial charge in [-0.3, -0.25) is 9.36 Å². The average molecular weight is 459 g/mol. The summed E-state index contributed by atoms with van der Waals surface area (Å²) in [7, 11) is 0. The van der Waals surface area contributed by atoms with Crippen molar-refractivity contribution in [3.8, 4) is 11.1 Å². The van der Waals surface area contributed by atoms with Gasteiger partial charge in [-0.25, -0.2) is 13.8 Å². The maximum Gasteiger partial charge on any atom is 0.389 e. The van der Waals surface area contributed by atoms with Gasteiger partial charge < -0.3 is 10.5 Å². The Hall–Kier alpha value is -2.89. The molecule has 0 aliphatic rings. The van der Waals surface area contributed by atoms with E-state index >= 15 is 0 Å². The normalized spacial score (nSPS) is 12.0. The zero-order valence-electron chi connectivity index (χ0n) is 16.4. The lowest BCUT2D eigenvalue weighted by molar-refractivity contribution is -0.129. The average Bonchev–Trinajstić information content (AvgIpc) is 2.65. The van der Waals surface area contributed by atoms with Crippen molar-refractivity contribution >= 4 is 34.6 Å². The molecule has 0 radical (unpaired) electrons. The highest BCUT2D eigenvalue weighted by atomic mass is 32.2. The molecule has 6 nitrogen and oxygen atoms in total. The van der Waals surface area contributed by atoms with Gasteiger partial charge in [0.05, 0.1) is 6.42 Å². The predicted octanol–water partition coefficient (Wildman–Crippen LogP) is 4.91. The Morgan fingerprint density at radius 1 is 1.19 bits per heavy atom. The Morgan fingerprint density at radius 2 is 1.84 bits per heavy atom. The van der Waals surface area contributed by atoms with Crippen LogP contribution in [0.15, 0.2) is 29.2 Å². The molecule has 166 valence electrons. The molecule has 31 heavy (non-hydrogen) atoms. The number of rotatable bonds is 6. The van der Waals surface area contributed by atoms with Crippen LogP contribution >= 0.6 is 11.9 Å². The van der Waals surface area contributed by atoms with Crippen LogP contribution in [0.3, 0.4) is 0 Å². The van der Waals surface area contributed by atoms with Crippen LogP contribution in [0.2, 0.25) is 0 Å². The second-order valence-corrected chi connectivity index (χ2v) is 7.87. The van der Waals surface area contributed by atoms with E-state index in [9.17, 15) is 26.7 Å². The Balaban J connectivity index is 2.01. The fourth-order valence-corrected chi connectivity index (χ4v) is 3.71. The van der Waals surface area contributed by atoms with Crippen LogP contribution < -0.4 is 16.0 Å². The van der Waals surface area contributed by atoms with E-state index in [0.717, 1.165) is 12.1 Å². The minimum Gasteiger partial charge on any atom is -0.368 e. The summed E-state index contributed by atoms with van der Waals surface area (Å²) in [5.41, 5.74) is 4.78. The molecule has 0 bridgehead atoms. The minimum absolute atomic E-state index is 0.0173. The number of benzene rings is 1. The van der Waals surface area contributed by atoms with Crippen molar-refractivity contribution < 1.29 is 22.0 Å². The fraction of sp³-hybridized carbons (Fsp3) is 0.316. The summed E-state index contributed by atoms with van der Waals surface area (Å²) in [4.78, 5) is 21.0. The monoisotopic (exact) mass is 459 g/mol. The molecule has 3 rings (SSSR count). The van der Waals surface area contributed by atoms with Crippen LogP contribution in [-0.4, -0.2) is 26.5 Å². The third kappa shape index (κ3) is 5.06. The van der Waals surface area contributed by atoms with Gasteiger partial charge in [0.15, 0.2) is 11.6 Å². The lowest BCUT2D eigenvalue weighted by Crippen LogP contribution is -2.25. The molecule has 0 spiro atoms. The molecule has 1 aromatic carbocycles. The van der Waals surface area contributed by atoms with Crippen molar-refractivity contribution in [2.75, 3.05) is 16.2 Å². The Kier molecular flexibility index (Phi) is 6.39. The third-order valence-corrected chi connectivity index (χ3v) is 5.08. The molecule has 0 unspecified atom stereocenters. The molecule has 3 aromatic rings. The van der Waals surface area contributed by atoms with Gasteiger partial charge in [-0.1, -0.05) is 11.9 Å². The van der Waals surface area contributed by atoms with Gasteiger partial charge >= 0.3 is 6.18 Å².